The summed E-state index contributed by atoms with van der Waals surface area (Å²) in [6.45, 7) is 2.86. The number of hydrogen-bond donors (Lipinski definition) is 4. The molecule has 6 nitrogen and oxygen atoms in total. The van der Waals surface area contributed by atoms with Crippen LogP contribution in [0.2, 0.25) is 0 Å². The molecule has 0 bridgehead atoms. The molecule has 1 rings (SSSR count). The van der Waals surface area contributed by atoms with Crippen LogP contribution in [-0.2, 0) is 0 Å². The van der Waals surface area contributed by atoms with Crippen LogP contribution < -0.4 is 11.5 Å². The van der Waals surface area contributed by atoms with Crippen molar-refractivity contribution < 1.29 is 19.8 Å². The molecular formula is C10H12N2O4. The van der Waals surface area contributed by atoms with Crippen LogP contribution in [0.15, 0.2) is 0 Å². The highest BCUT2D eigenvalue weighted by Crippen LogP contribution is 2.31. The van der Waals surface area contributed by atoms with E-state index >= 15 is 0 Å². The second-order valence-corrected chi connectivity index (χ2v) is 3.44. The van der Waals surface area contributed by atoms with Crippen molar-refractivity contribution in [3.63, 3.8) is 0 Å². The van der Waals surface area contributed by atoms with E-state index in [2.05, 4.69) is 0 Å². The summed E-state index contributed by atoms with van der Waals surface area (Å²) in [5, 5.41) is 17.9. The molecule has 0 spiro atoms. The van der Waals surface area contributed by atoms with Crippen LogP contribution in [0.25, 0.3) is 0 Å². The number of carboxylic acid groups (broad SMARTS) is 2. The molecule has 0 saturated heterocycles. The Morgan fingerprint density at radius 2 is 1.19 bits per heavy atom. The third-order valence-corrected chi connectivity index (χ3v) is 2.52. The van der Waals surface area contributed by atoms with Gasteiger partial charge in [0.05, 0.1) is 22.5 Å². The second-order valence-electron chi connectivity index (χ2n) is 3.44. The summed E-state index contributed by atoms with van der Waals surface area (Å²) in [5.41, 5.74) is 11.2. The lowest BCUT2D eigenvalue weighted by Gasteiger charge is -2.14. The Balaban J connectivity index is 3.80. The van der Waals surface area contributed by atoms with Crippen molar-refractivity contribution in [2.75, 3.05) is 11.5 Å². The van der Waals surface area contributed by atoms with E-state index in [9.17, 15) is 9.59 Å². The number of nitrogen functional groups attached to an aromatic ring is 2. The molecule has 0 aliphatic heterocycles. The monoisotopic (exact) mass is 224 g/mol. The second kappa shape index (κ2) is 3.73. The Morgan fingerprint density at radius 1 is 0.875 bits per heavy atom. The molecule has 0 heterocycles. The number of hydrogen-bond acceptors (Lipinski definition) is 4. The summed E-state index contributed by atoms with van der Waals surface area (Å²) in [7, 11) is 0. The Kier molecular flexibility index (Phi) is 2.76. The van der Waals surface area contributed by atoms with Gasteiger partial charge in [-0.15, -0.1) is 0 Å². The number of aromatic carboxylic acids is 2. The van der Waals surface area contributed by atoms with E-state index in [4.69, 9.17) is 21.7 Å². The smallest absolute Gasteiger partial charge is 0.338 e. The lowest BCUT2D eigenvalue weighted by molar-refractivity contribution is 0.0696. The zero-order valence-electron chi connectivity index (χ0n) is 8.87. The number of anilines is 2. The van der Waals surface area contributed by atoms with Crippen molar-refractivity contribution >= 4 is 23.3 Å². The van der Waals surface area contributed by atoms with Crippen LogP contribution in [0.5, 0.6) is 0 Å². The number of nitrogens with two attached hydrogens (primary N) is 2. The van der Waals surface area contributed by atoms with Gasteiger partial charge in [0.25, 0.3) is 0 Å². The standard InChI is InChI=1S/C10H12N2O4/c1-3-5(9(13)14)7(11)4(2)8(12)6(3)10(15)16/h11-12H2,1-2H3,(H,13,14)(H,15,16). The molecule has 0 fully saturated rings. The van der Waals surface area contributed by atoms with Crippen LogP contribution in [0.1, 0.15) is 31.8 Å². The topological polar surface area (TPSA) is 127 Å². The first-order valence-electron chi connectivity index (χ1n) is 4.43. The highest BCUT2D eigenvalue weighted by atomic mass is 16.4. The van der Waals surface area contributed by atoms with Gasteiger partial charge in [-0.1, -0.05) is 0 Å². The molecule has 0 amide bonds. The van der Waals surface area contributed by atoms with E-state index in [1.165, 1.54) is 13.8 Å². The number of carboxylic acids is 2. The van der Waals surface area contributed by atoms with Crippen molar-refractivity contribution in [3.05, 3.63) is 22.3 Å². The third kappa shape index (κ3) is 1.54. The van der Waals surface area contributed by atoms with Crippen molar-refractivity contribution in [3.8, 4) is 0 Å². The number of benzene rings is 1. The van der Waals surface area contributed by atoms with Gasteiger partial charge >= 0.3 is 11.9 Å². The van der Waals surface area contributed by atoms with Crippen molar-refractivity contribution in [1.29, 1.82) is 0 Å². The van der Waals surface area contributed by atoms with Crippen LogP contribution >= 0.6 is 0 Å². The van der Waals surface area contributed by atoms with Crippen molar-refractivity contribution in [2.45, 2.75) is 13.8 Å². The lowest BCUT2D eigenvalue weighted by Crippen LogP contribution is -2.15. The molecule has 0 unspecified atom stereocenters. The first kappa shape index (κ1) is 11.8. The first-order valence-corrected chi connectivity index (χ1v) is 4.43. The van der Waals surface area contributed by atoms with Gasteiger partial charge in [0.15, 0.2) is 0 Å². The molecule has 1 aromatic carbocycles. The van der Waals surface area contributed by atoms with Crippen LogP contribution in [0.4, 0.5) is 11.4 Å². The minimum atomic E-state index is -1.26. The Bertz CT molecular complexity index is 453. The van der Waals surface area contributed by atoms with E-state index in [0.717, 1.165) is 0 Å². The molecule has 0 aromatic heterocycles. The van der Waals surface area contributed by atoms with Gasteiger partial charge in [0, 0.05) is 0 Å². The number of rotatable bonds is 2. The molecule has 6 N–H and O–H groups in total. The average molecular weight is 224 g/mol. The fourth-order valence-corrected chi connectivity index (χ4v) is 1.60. The van der Waals surface area contributed by atoms with Gasteiger partial charge in [-0.3, -0.25) is 0 Å². The molecule has 6 heteroatoms. The van der Waals surface area contributed by atoms with Gasteiger partial charge < -0.3 is 21.7 Å². The van der Waals surface area contributed by atoms with E-state index in [0.29, 0.717) is 0 Å². The summed E-state index contributed by atoms with van der Waals surface area (Å²) < 4.78 is 0. The van der Waals surface area contributed by atoms with Gasteiger partial charge in [0.1, 0.15) is 0 Å². The highest BCUT2D eigenvalue weighted by molar-refractivity contribution is 6.05. The maximum Gasteiger partial charge on any atom is 0.338 e. The summed E-state index contributed by atoms with van der Waals surface area (Å²) in [4.78, 5) is 21.9. The van der Waals surface area contributed by atoms with Crippen molar-refractivity contribution in [1.82, 2.24) is 0 Å². The Hall–Kier alpha value is -2.24. The molecule has 0 aliphatic carbocycles. The van der Waals surface area contributed by atoms with Gasteiger partial charge in [-0.2, -0.15) is 0 Å². The normalized spacial score (nSPS) is 10.1. The Morgan fingerprint density at radius 3 is 1.44 bits per heavy atom. The molecule has 86 valence electrons. The van der Waals surface area contributed by atoms with E-state index in [1.807, 2.05) is 0 Å². The highest BCUT2D eigenvalue weighted by Gasteiger charge is 2.23. The molecular weight excluding hydrogens is 212 g/mol. The van der Waals surface area contributed by atoms with E-state index in [-0.39, 0.29) is 33.6 Å². The van der Waals surface area contributed by atoms with E-state index in [1.54, 1.807) is 0 Å². The van der Waals surface area contributed by atoms with E-state index < -0.39 is 11.9 Å². The quantitative estimate of drug-likeness (QED) is 0.552. The molecule has 0 radical (unpaired) electrons. The van der Waals surface area contributed by atoms with Gasteiger partial charge in [-0.25, -0.2) is 9.59 Å². The SMILES string of the molecule is Cc1c(N)c(C(=O)O)c(C)c(C(=O)O)c1N. The maximum absolute atomic E-state index is 11.0. The Labute approximate surface area is 91.5 Å². The summed E-state index contributed by atoms with van der Waals surface area (Å²) in [6, 6.07) is 0. The first-order chi connectivity index (χ1) is 7.29. The fourth-order valence-electron chi connectivity index (χ4n) is 1.60. The molecule has 16 heavy (non-hydrogen) atoms. The van der Waals surface area contributed by atoms with Crippen LogP contribution in [0.3, 0.4) is 0 Å². The predicted octanol–water partition coefficient (Wildman–Crippen LogP) is 0.864. The van der Waals surface area contributed by atoms with Crippen LogP contribution in [0, 0.1) is 13.8 Å². The summed E-state index contributed by atoms with van der Waals surface area (Å²) in [5.74, 6) is -2.53. The number of carbonyl (C=O) groups is 2. The minimum absolute atomic E-state index is 0.00694. The fraction of sp³-hybridized carbons (Fsp3) is 0.200. The zero-order valence-corrected chi connectivity index (χ0v) is 8.87. The van der Waals surface area contributed by atoms with Crippen molar-refractivity contribution in [2.24, 2.45) is 0 Å². The van der Waals surface area contributed by atoms with Gasteiger partial charge in [-0.05, 0) is 25.0 Å². The van der Waals surface area contributed by atoms with Gasteiger partial charge in [0.2, 0.25) is 0 Å². The summed E-state index contributed by atoms with van der Waals surface area (Å²) in [6.07, 6.45) is 0. The molecule has 0 saturated carbocycles. The van der Waals surface area contributed by atoms with Crippen LogP contribution in [-0.4, -0.2) is 22.2 Å². The third-order valence-electron chi connectivity index (χ3n) is 2.52. The summed E-state index contributed by atoms with van der Waals surface area (Å²) >= 11 is 0. The lowest BCUT2D eigenvalue weighted by atomic mass is 9.94. The molecule has 0 aliphatic rings. The molecule has 1 aromatic rings. The largest absolute Gasteiger partial charge is 0.478 e. The minimum Gasteiger partial charge on any atom is -0.478 e. The average Bonchev–Trinajstić information content (AvgIpc) is 2.13. The zero-order chi connectivity index (χ0) is 12.6. The predicted molar refractivity (Wildman–Crippen MR) is 58.7 cm³/mol. The maximum atomic E-state index is 11.0. The molecule has 0 atom stereocenters.